The van der Waals surface area contributed by atoms with Gasteiger partial charge in [0, 0.05) is 6.04 Å². The summed E-state index contributed by atoms with van der Waals surface area (Å²) in [5.41, 5.74) is 0. The van der Waals surface area contributed by atoms with Gasteiger partial charge < -0.3 is 20.4 Å². The summed E-state index contributed by atoms with van der Waals surface area (Å²) < 4.78 is 0. The number of carbonyl (C=O) groups excluding carboxylic acids is 2. The van der Waals surface area contributed by atoms with Crippen LogP contribution in [0.15, 0.2) is 0 Å². The third kappa shape index (κ3) is 3.69. The van der Waals surface area contributed by atoms with Crippen LogP contribution in [0, 0.1) is 0 Å². The molecule has 3 N–H and O–H groups in total. The molecule has 1 aliphatic rings. The Morgan fingerprint density at radius 3 is 2.67 bits per heavy atom. The molecule has 0 bridgehead atoms. The van der Waals surface area contributed by atoms with Crippen molar-refractivity contribution in [2.24, 2.45) is 0 Å². The summed E-state index contributed by atoms with van der Waals surface area (Å²) in [6.07, 6.45) is -0.455. The molecule has 3 unspecified atom stereocenters. The van der Waals surface area contributed by atoms with Gasteiger partial charge in [-0.15, -0.1) is 0 Å². The van der Waals surface area contributed by atoms with Gasteiger partial charge in [0.05, 0.1) is 12.5 Å². The molecule has 1 rings (SSSR count). The summed E-state index contributed by atoms with van der Waals surface area (Å²) in [6.45, 7) is 2.86. The molecule has 0 aromatic rings. The number of nitrogens with zero attached hydrogens (tertiary/aromatic N) is 1. The molecule has 0 saturated carbocycles. The van der Waals surface area contributed by atoms with E-state index in [-0.39, 0.29) is 24.9 Å². The maximum Gasteiger partial charge on any atom is 0.323 e. The van der Waals surface area contributed by atoms with Crippen LogP contribution in [0.25, 0.3) is 0 Å². The van der Waals surface area contributed by atoms with Crippen molar-refractivity contribution in [1.29, 1.82) is 0 Å². The number of hydrogen-bond donors (Lipinski definition) is 3. The van der Waals surface area contributed by atoms with Gasteiger partial charge in [0.2, 0.25) is 11.8 Å². The zero-order valence-corrected chi connectivity index (χ0v) is 10.4. The van der Waals surface area contributed by atoms with Gasteiger partial charge in [-0.1, -0.05) is 0 Å². The molecule has 2 amide bonds. The van der Waals surface area contributed by atoms with E-state index >= 15 is 0 Å². The fraction of sp³-hybridized carbons (Fsp3) is 0.727. The minimum absolute atomic E-state index is 0.0723. The lowest BCUT2D eigenvalue weighted by atomic mass is 10.1. The van der Waals surface area contributed by atoms with Gasteiger partial charge in [-0.05, 0) is 20.3 Å². The smallest absolute Gasteiger partial charge is 0.323 e. The van der Waals surface area contributed by atoms with Crippen LogP contribution in [-0.2, 0) is 14.4 Å². The molecular weight excluding hydrogens is 240 g/mol. The highest BCUT2D eigenvalue weighted by Crippen LogP contribution is 2.18. The minimum Gasteiger partial charge on any atom is -0.480 e. The molecule has 0 spiro atoms. The summed E-state index contributed by atoms with van der Waals surface area (Å²) in [4.78, 5) is 35.1. The average Bonchev–Trinajstić information content (AvgIpc) is 2.44. The van der Waals surface area contributed by atoms with E-state index < -0.39 is 24.0 Å². The average molecular weight is 258 g/mol. The molecule has 1 aliphatic heterocycles. The summed E-state index contributed by atoms with van der Waals surface area (Å²) in [6, 6.07) is -0.906. The van der Waals surface area contributed by atoms with Gasteiger partial charge in [0.1, 0.15) is 12.6 Å². The van der Waals surface area contributed by atoms with Crippen molar-refractivity contribution in [3.63, 3.8) is 0 Å². The first-order chi connectivity index (χ1) is 8.31. The van der Waals surface area contributed by atoms with E-state index in [0.717, 1.165) is 0 Å². The monoisotopic (exact) mass is 258 g/mol. The Labute approximate surface area is 105 Å². The number of amides is 2. The van der Waals surface area contributed by atoms with E-state index in [1.165, 1.54) is 11.8 Å². The lowest BCUT2D eigenvalue weighted by Crippen LogP contribution is -2.43. The van der Waals surface area contributed by atoms with E-state index in [2.05, 4.69) is 5.32 Å². The Balaban J connectivity index is 2.57. The van der Waals surface area contributed by atoms with Crippen LogP contribution in [0.2, 0.25) is 0 Å². The zero-order valence-electron chi connectivity index (χ0n) is 10.4. The van der Waals surface area contributed by atoms with Crippen LogP contribution < -0.4 is 5.32 Å². The van der Waals surface area contributed by atoms with Crippen molar-refractivity contribution < 1.29 is 24.6 Å². The Kier molecular flexibility index (Phi) is 4.66. The number of aliphatic hydroxyl groups is 1. The number of likely N-dealkylation sites (tertiary alicyclic amines) is 1. The molecular formula is C11H18N2O5. The first kappa shape index (κ1) is 14.4. The van der Waals surface area contributed by atoms with Gasteiger partial charge in [-0.3, -0.25) is 14.4 Å². The highest BCUT2D eigenvalue weighted by atomic mass is 16.4. The largest absolute Gasteiger partial charge is 0.480 e. The molecule has 7 heteroatoms. The number of hydrogen-bond acceptors (Lipinski definition) is 4. The molecule has 1 saturated heterocycles. The van der Waals surface area contributed by atoms with Gasteiger partial charge >= 0.3 is 5.97 Å². The Morgan fingerprint density at radius 1 is 1.56 bits per heavy atom. The molecule has 3 atom stereocenters. The quantitative estimate of drug-likeness (QED) is 0.583. The third-order valence-corrected chi connectivity index (χ3v) is 2.81. The van der Waals surface area contributed by atoms with Crippen LogP contribution in [0.3, 0.4) is 0 Å². The van der Waals surface area contributed by atoms with Crippen molar-refractivity contribution in [1.82, 2.24) is 10.2 Å². The predicted octanol–water partition coefficient (Wildman–Crippen LogP) is -1.05. The molecule has 102 valence electrons. The van der Waals surface area contributed by atoms with Crippen LogP contribution in [0.4, 0.5) is 0 Å². The SMILES string of the molecule is CC(O)CC(=O)NC1CC(C)N(CC(=O)O)C1=O. The van der Waals surface area contributed by atoms with E-state index in [9.17, 15) is 14.4 Å². The first-order valence-electron chi connectivity index (χ1n) is 5.81. The Bertz CT molecular complexity index is 355. The van der Waals surface area contributed by atoms with E-state index in [1.54, 1.807) is 6.92 Å². The molecule has 18 heavy (non-hydrogen) atoms. The second kappa shape index (κ2) is 5.81. The lowest BCUT2D eigenvalue weighted by Gasteiger charge is -2.18. The standard InChI is InChI=1S/C11H18N2O5/c1-6-3-8(12-9(15)4-7(2)14)11(18)13(6)5-10(16)17/h6-8,14H,3-5H2,1-2H3,(H,12,15)(H,16,17). The van der Waals surface area contributed by atoms with Gasteiger partial charge in [-0.25, -0.2) is 0 Å². The van der Waals surface area contributed by atoms with Gasteiger partial charge in [0.15, 0.2) is 0 Å². The molecule has 0 aromatic heterocycles. The zero-order chi connectivity index (χ0) is 13.9. The van der Waals surface area contributed by atoms with Crippen LogP contribution in [-0.4, -0.2) is 57.6 Å². The summed E-state index contributed by atoms with van der Waals surface area (Å²) in [5, 5.41) is 20.2. The summed E-state index contributed by atoms with van der Waals surface area (Å²) in [5.74, 6) is -1.87. The highest BCUT2D eigenvalue weighted by Gasteiger charge is 2.38. The lowest BCUT2D eigenvalue weighted by molar-refractivity contribution is -0.144. The maximum absolute atomic E-state index is 11.9. The van der Waals surface area contributed by atoms with E-state index in [1.807, 2.05) is 0 Å². The Morgan fingerprint density at radius 2 is 2.17 bits per heavy atom. The van der Waals surface area contributed by atoms with Crippen molar-refractivity contribution in [3.05, 3.63) is 0 Å². The van der Waals surface area contributed by atoms with Crippen LogP contribution in [0.1, 0.15) is 26.7 Å². The van der Waals surface area contributed by atoms with Crippen LogP contribution in [0.5, 0.6) is 0 Å². The Hall–Kier alpha value is -1.63. The highest BCUT2D eigenvalue weighted by molar-refractivity contribution is 5.91. The fourth-order valence-electron chi connectivity index (χ4n) is 2.01. The topological polar surface area (TPSA) is 107 Å². The minimum atomic E-state index is -1.08. The van der Waals surface area contributed by atoms with Gasteiger partial charge in [0.25, 0.3) is 0 Å². The predicted molar refractivity (Wildman–Crippen MR) is 61.7 cm³/mol. The number of nitrogens with one attached hydrogen (secondary N) is 1. The first-order valence-corrected chi connectivity index (χ1v) is 5.81. The second-order valence-corrected chi connectivity index (χ2v) is 4.62. The maximum atomic E-state index is 11.9. The third-order valence-electron chi connectivity index (χ3n) is 2.81. The number of aliphatic carboxylic acids is 1. The number of carboxylic acids is 1. The van der Waals surface area contributed by atoms with Crippen molar-refractivity contribution in [2.45, 2.75) is 44.9 Å². The molecule has 1 heterocycles. The summed E-state index contributed by atoms with van der Waals surface area (Å²) in [7, 11) is 0. The number of carbonyl (C=O) groups is 3. The molecule has 1 fully saturated rings. The normalized spacial score (nSPS) is 25.1. The molecule has 0 aromatic carbocycles. The number of carboxylic acid groups (broad SMARTS) is 1. The van der Waals surface area contributed by atoms with Gasteiger partial charge in [-0.2, -0.15) is 0 Å². The molecule has 0 aliphatic carbocycles. The van der Waals surface area contributed by atoms with Crippen molar-refractivity contribution >= 4 is 17.8 Å². The number of rotatable bonds is 5. The van der Waals surface area contributed by atoms with E-state index in [0.29, 0.717) is 6.42 Å². The summed E-state index contributed by atoms with van der Waals surface area (Å²) >= 11 is 0. The van der Waals surface area contributed by atoms with Crippen LogP contribution >= 0.6 is 0 Å². The number of aliphatic hydroxyl groups excluding tert-OH is 1. The molecule has 0 radical (unpaired) electrons. The van der Waals surface area contributed by atoms with Crippen molar-refractivity contribution in [3.8, 4) is 0 Å². The molecule has 7 nitrogen and oxygen atoms in total. The second-order valence-electron chi connectivity index (χ2n) is 4.62. The van der Waals surface area contributed by atoms with E-state index in [4.69, 9.17) is 10.2 Å². The fourth-order valence-corrected chi connectivity index (χ4v) is 2.01. The van der Waals surface area contributed by atoms with Crippen molar-refractivity contribution in [2.75, 3.05) is 6.54 Å².